The molecule has 10 heteroatoms. The van der Waals surface area contributed by atoms with Crippen molar-refractivity contribution < 1.29 is 24.5 Å². The predicted octanol–water partition coefficient (Wildman–Crippen LogP) is 8.22. The van der Waals surface area contributed by atoms with Crippen LogP contribution in [0.5, 0.6) is 5.75 Å². The highest BCUT2D eigenvalue weighted by Gasteiger charge is 2.46. The van der Waals surface area contributed by atoms with Gasteiger partial charge in [0.15, 0.2) is 5.82 Å². The molecule has 3 atom stereocenters. The van der Waals surface area contributed by atoms with Gasteiger partial charge in [0, 0.05) is 41.5 Å². The second-order valence-corrected chi connectivity index (χ2v) is 16.8. The van der Waals surface area contributed by atoms with Gasteiger partial charge in [0.05, 0.1) is 23.4 Å². The van der Waals surface area contributed by atoms with E-state index in [2.05, 4.69) is 43.0 Å². The topological polar surface area (TPSA) is 125 Å². The third-order valence-corrected chi connectivity index (χ3v) is 11.4. The van der Waals surface area contributed by atoms with E-state index in [1.165, 1.54) is 37.0 Å². The molecule has 4 aromatic rings. The lowest BCUT2D eigenvalue weighted by Crippen LogP contribution is -2.52. The molecule has 1 fully saturated rings. The van der Waals surface area contributed by atoms with Crippen LogP contribution in [0.25, 0.3) is 22.5 Å². The number of rotatable bonds is 16. The molecule has 2 unspecified atom stereocenters. The summed E-state index contributed by atoms with van der Waals surface area (Å²) in [6.45, 7) is 13.7. The summed E-state index contributed by atoms with van der Waals surface area (Å²) in [4.78, 5) is 38.3. The molecule has 0 radical (unpaired) electrons. The van der Waals surface area contributed by atoms with Gasteiger partial charge in [-0.15, -0.1) is 11.3 Å². The number of hydrogen-bond acceptors (Lipinski definition) is 8. The van der Waals surface area contributed by atoms with E-state index in [4.69, 9.17) is 4.74 Å². The number of benzene rings is 2. The number of amides is 1. The number of carboxylic acids is 1. The molecule has 5 rings (SSSR count). The molecule has 0 saturated carbocycles. The standard InChI is InChI=1S/C42H54N4O5S/c1-7-8-9-10-11-22-51-32-18-16-29(17-19-32)31-24-43-37(44-25-31)30-14-12-28(13-15-30)23-34(39(48)46-26-33(40(49)50)42(5,6)27-46)45-38(47)35-20-21-36(52-35)41(2,3)4/h12-21,24-25,33-34,39,48H,7-11,22-23,26-27H2,1-6H3,(H,45,47)(H,49,50)/t33?,34-,39?/m0/s1. The molecule has 1 saturated heterocycles. The molecule has 3 N–H and O–H groups in total. The van der Waals surface area contributed by atoms with E-state index in [-0.39, 0.29) is 17.9 Å². The lowest BCUT2D eigenvalue weighted by atomic mass is 9.82. The zero-order valence-electron chi connectivity index (χ0n) is 31.4. The molecule has 2 aromatic heterocycles. The number of thiophene rings is 1. The van der Waals surface area contributed by atoms with E-state index in [1.54, 1.807) is 4.90 Å². The van der Waals surface area contributed by atoms with Crippen molar-refractivity contribution in [1.29, 1.82) is 0 Å². The Bertz CT molecular complexity index is 1760. The van der Waals surface area contributed by atoms with Gasteiger partial charge in [-0.2, -0.15) is 0 Å². The molecule has 9 nitrogen and oxygen atoms in total. The molecule has 0 aliphatic carbocycles. The highest BCUT2D eigenvalue weighted by atomic mass is 32.1. The van der Waals surface area contributed by atoms with Crippen molar-refractivity contribution in [2.45, 2.75) is 97.8 Å². The van der Waals surface area contributed by atoms with Gasteiger partial charge >= 0.3 is 5.97 Å². The summed E-state index contributed by atoms with van der Waals surface area (Å²) < 4.78 is 5.91. The van der Waals surface area contributed by atoms with Crippen LogP contribution in [0.15, 0.2) is 73.1 Å². The minimum absolute atomic E-state index is 0.0887. The minimum Gasteiger partial charge on any atom is -0.494 e. The molecule has 1 aliphatic heterocycles. The zero-order chi connectivity index (χ0) is 37.5. The van der Waals surface area contributed by atoms with Gasteiger partial charge in [0.25, 0.3) is 5.91 Å². The maximum absolute atomic E-state index is 13.5. The number of aliphatic hydroxyl groups excluding tert-OH is 1. The van der Waals surface area contributed by atoms with Crippen LogP contribution in [-0.4, -0.2) is 68.9 Å². The van der Waals surface area contributed by atoms with Gasteiger partial charge in [-0.05, 0) is 59.1 Å². The molecule has 0 bridgehead atoms. The summed E-state index contributed by atoms with van der Waals surface area (Å²) in [7, 11) is 0. The van der Waals surface area contributed by atoms with Gasteiger partial charge < -0.3 is 20.3 Å². The summed E-state index contributed by atoms with van der Waals surface area (Å²) in [5, 5.41) is 24.6. The van der Waals surface area contributed by atoms with E-state index in [9.17, 15) is 19.8 Å². The van der Waals surface area contributed by atoms with Gasteiger partial charge in [0.1, 0.15) is 12.0 Å². The van der Waals surface area contributed by atoms with Crippen LogP contribution in [0.3, 0.4) is 0 Å². The van der Waals surface area contributed by atoms with Crippen LogP contribution < -0.4 is 10.1 Å². The van der Waals surface area contributed by atoms with Crippen molar-refractivity contribution in [3.63, 3.8) is 0 Å². The van der Waals surface area contributed by atoms with Gasteiger partial charge in [-0.25, -0.2) is 9.97 Å². The molecular formula is C42H54N4O5S. The first-order valence-corrected chi connectivity index (χ1v) is 19.3. The van der Waals surface area contributed by atoms with Crippen LogP contribution in [0.4, 0.5) is 0 Å². The summed E-state index contributed by atoms with van der Waals surface area (Å²) >= 11 is 1.44. The fourth-order valence-corrected chi connectivity index (χ4v) is 7.66. The highest BCUT2D eigenvalue weighted by Crippen LogP contribution is 2.37. The minimum atomic E-state index is -1.08. The van der Waals surface area contributed by atoms with Crippen LogP contribution in [0.2, 0.25) is 0 Å². The Hall–Kier alpha value is -4.12. The predicted molar refractivity (Wildman–Crippen MR) is 208 cm³/mol. The number of aliphatic hydroxyl groups is 1. The molecule has 1 amide bonds. The Morgan fingerprint density at radius 1 is 0.942 bits per heavy atom. The fraction of sp³-hybridized carbons (Fsp3) is 0.476. The normalized spacial score (nSPS) is 17.1. The summed E-state index contributed by atoms with van der Waals surface area (Å²) in [5.74, 6) is -0.316. The van der Waals surface area contributed by atoms with Crippen molar-refractivity contribution >= 4 is 23.2 Å². The second kappa shape index (κ2) is 17.1. The molecule has 0 spiro atoms. The first kappa shape index (κ1) is 39.1. The smallest absolute Gasteiger partial charge is 0.308 e. The average molecular weight is 727 g/mol. The molecule has 1 aliphatic rings. The Balaban J connectivity index is 1.25. The number of nitrogens with one attached hydrogen (secondary N) is 1. The zero-order valence-corrected chi connectivity index (χ0v) is 32.2. The van der Waals surface area contributed by atoms with Crippen LogP contribution in [0.1, 0.15) is 93.8 Å². The average Bonchev–Trinajstić information content (AvgIpc) is 3.75. The second-order valence-electron chi connectivity index (χ2n) is 15.7. The summed E-state index contributed by atoms with van der Waals surface area (Å²) in [5.41, 5.74) is 3.06. The van der Waals surface area contributed by atoms with Crippen molar-refractivity contribution in [2.24, 2.45) is 11.3 Å². The van der Waals surface area contributed by atoms with Crippen LogP contribution in [-0.2, 0) is 16.6 Å². The molecule has 278 valence electrons. The first-order chi connectivity index (χ1) is 24.7. The van der Waals surface area contributed by atoms with Crippen molar-refractivity contribution in [3.05, 3.63) is 88.4 Å². The van der Waals surface area contributed by atoms with Gasteiger partial charge in [-0.3, -0.25) is 14.5 Å². The third kappa shape index (κ3) is 10.1. The number of carbonyl (C=O) groups excluding carboxylic acids is 1. The Morgan fingerprint density at radius 2 is 1.60 bits per heavy atom. The largest absolute Gasteiger partial charge is 0.494 e. The van der Waals surface area contributed by atoms with Gasteiger partial charge in [0.2, 0.25) is 0 Å². The monoisotopic (exact) mass is 726 g/mol. The lowest BCUT2D eigenvalue weighted by molar-refractivity contribution is -0.144. The van der Waals surface area contributed by atoms with Crippen LogP contribution >= 0.6 is 11.3 Å². The van der Waals surface area contributed by atoms with Crippen molar-refractivity contribution in [3.8, 4) is 28.3 Å². The van der Waals surface area contributed by atoms with Gasteiger partial charge in [-0.1, -0.05) is 104 Å². The maximum Gasteiger partial charge on any atom is 0.308 e. The Labute approximate surface area is 312 Å². The van der Waals surface area contributed by atoms with Crippen LogP contribution in [0, 0.1) is 11.3 Å². The molecule has 3 heterocycles. The van der Waals surface area contributed by atoms with E-state index >= 15 is 0 Å². The highest BCUT2D eigenvalue weighted by molar-refractivity contribution is 7.14. The van der Waals surface area contributed by atoms with E-state index in [1.807, 2.05) is 86.9 Å². The number of carboxylic acid groups (broad SMARTS) is 1. The maximum atomic E-state index is 13.5. The van der Waals surface area contributed by atoms with Crippen molar-refractivity contribution in [1.82, 2.24) is 20.2 Å². The number of aromatic nitrogens is 2. The number of nitrogens with zero attached hydrogens (tertiary/aromatic N) is 3. The van der Waals surface area contributed by atoms with E-state index < -0.39 is 29.6 Å². The number of hydrogen-bond donors (Lipinski definition) is 3. The van der Waals surface area contributed by atoms with E-state index in [0.717, 1.165) is 45.9 Å². The Morgan fingerprint density at radius 3 is 2.19 bits per heavy atom. The first-order valence-electron chi connectivity index (χ1n) is 18.5. The fourth-order valence-electron chi connectivity index (χ4n) is 6.69. The number of unbranched alkanes of at least 4 members (excludes halogenated alkanes) is 4. The lowest BCUT2D eigenvalue weighted by Gasteiger charge is -2.32. The Kier molecular flexibility index (Phi) is 12.9. The SMILES string of the molecule is CCCCCCCOc1ccc(-c2cnc(-c3ccc(C[C@H](NC(=O)c4ccc(C(C)(C)C)s4)C(O)N4CC(C(=O)O)C(C)(C)C4)cc3)nc2)cc1. The number of likely N-dealkylation sites (tertiary alicyclic amines) is 1. The third-order valence-electron chi connectivity index (χ3n) is 9.91. The quantitative estimate of drug-likeness (QED) is 0.0987. The number of aliphatic carboxylic acids is 1. The van der Waals surface area contributed by atoms with Crippen molar-refractivity contribution in [2.75, 3.05) is 19.7 Å². The summed E-state index contributed by atoms with van der Waals surface area (Å²) in [6, 6.07) is 18.9. The number of carbonyl (C=O) groups is 2. The number of ether oxygens (including phenoxy) is 1. The molecule has 52 heavy (non-hydrogen) atoms. The molecule has 2 aromatic carbocycles. The van der Waals surface area contributed by atoms with E-state index in [0.29, 0.717) is 23.7 Å². The summed E-state index contributed by atoms with van der Waals surface area (Å²) in [6.07, 6.45) is 8.94. The molecular weight excluding hydrogens is 673 g/mol.